The summed E-state index contributed by atoms with van der Waals surface area (Å²) in [5, 5.41) is 10.8. The van der Waals surface area contributed by atoms with E-state index in [-0.39, 0.29) is 10.7 Å². The number of nitrogens with one attached hydrogen (secondary N) is 1. The summed E-state index contributed by atoms with van der Waals surface area (Å²) in [6.07, 6.45) is -2.94. The Bertz CT molecular complexity index is 595. The first-order valence-corrected chi connectivity index (χ1v) is 6.28. The van der Waals surface area contributed by atoms with Crippen molar-refractivity contribution >= 4 is 11.6 Å². The van der Waals surface area contributed by atoms with E-state index in [0.29, 0.717) is 12.2 Å². The topological polar surface area (TPSA) is 42.7 Å². The minimum atomic E-state index is -4.43. The first-order chi connectivity index (χ1) is 9.43. The molecule has 0 radical (unpaired) electrons. The maximum absolute atomic E-state index is 12.7. The van der Waals surface area contributed by atoms with Crippen LogP contribution in [0.1, 0.15) is 18.2 Å². The van der Waals surface area contributed by atoms with E-state index in [9.17, 15) is 13.2 Å². The Hall–Kier alpha value is -1.60. The minimum Gasteiger partial charge on any atom is -0.311 e. The lowest BCUT2D eigenvalue weighted by Gasteiger charge is -2.12. The summed E-state index contributed by atoms with van der Waals surface area (Å²) in [6, 6.07) is 3.11. The number of aromatic nitrogens is 3. The van der Waals surface area contributed by atoms with Gasteiger partial charge in [0.2, 0.25) is 0 Å². The second-order valence-electron chi connectivity index (χ2n) is 4.08. The van der Waals surface area contributed by atoms with E-state index in [0.717, 1.165) is 18.7 Å². The summed E-state index contributed by atoms with van der Waals surface area (Å²) in [5.74, 6) is 0. The lowest BCUT2D eigenvalue weighted by atomic mass is 10.2. The molecule has 2 rings (SSSR count). The van der Waals surface area contributed by atoms with Crippen molar-refractivity contribution in [2.75, 3.05) is 6.54 Å². The number of halogens is 4. The summed E-state index contributed by atoms with van der Waals surface area (Å²) >= 11 is 5.97. The number of alkyl halides is 3. The quantitative estimate of drug-likeness (QED) is 0.944. The van der Waals surface area contributed by atoms with E-state index in [1.54, 1.807) is 0 Å². The van der Waals surface area contributed by atoms with Gasteiger partial charge < -0.3 is 5.32 Å². The first-order valence-electron chi connectivity index (χ1n) is 5.91. The largest absolute Gasteiger partial charge is 0.416 e. The van der Waals surface area contributed by atoms with Crippen molar-refractivity contribution in [1.29, 1.82) is 0 Å². The van der Waals surface area contributed by atoms with Crippen LogP contribution in [0.5, 0.6) is 0 Å². The Labute approximate surface area is 118 Å². The molecule has 0 aliphatic rings. The zero-order valence-electron chi connectivity index (χ0n) is 10.6. The molecule has 108 valence electrons. The third-order valence-electron chi connectivity index (χ3n) is 2.68. The predicted molar refractivity (Wildman–Crippen MR) is 68.8 cm³/mol. The van der Waals surface area contributed by atoms with Crippen LogP contribution in [-0.2, 0) is 12.7 Å². The van der Waals surface area contributed by atoms with Crippen molar-refractivity contribution < 1.29 is 13.2 Å². The Kier molecular flexibility index (Phi) is 4.29. The van der Waals surface area contributed by atoms with Crippen LogP contribution in [-0.4, -0.2) is 21.5 Å². The van der Waals surface area contributed by atoms with Crippen LogP contribution < -0.4 is 5.32 Å². The van der Waals surface area contributed by atoms with Gasteiger partial charge in [-0.15, -0.1) is 5.10 Å². The van der Waals surface area contributed by atoms with Crippen LogP contribution in [0.4, 0.5) is 13.2 Å². The van der Waals surface area contributed by atoms with Gasteiger partial charge in [-0.25, -0.2) is 4.68 Å². The van der Waals surface area contributed by atoms with Gasteiger partial charge in [-0.3, -0.25) is 0 Å². The molecule has 0 atom stereocenters. The molecule has 2 aromatic rings. The normalized spacial score (nSPS) is 11.8. The highest BCUT2D eigenvalue weighted by Gasteiger charge is 2.31. The molecule has 0 fully saturated rings. The highest BCUT2D eigenvalue weighted by molar-refractivity contribution is 6.32. The molecule has 0 aliphatic heterocycles. The number of benzene rings is 1. The van der Waals surface area contributed by atoms with Crippen molar-refractivity contribution in [1.82, 2.24) is 20.3 Å². The second-order valence-corrected chi connectivity index (χ2v) is 4.49. The molecule has 0 amide bonds. The van der Waals surface area contributed by atoms with E-state index in [1.165, 1.54) is 16.9 Å². The Morgan fingerprint density at radius 2 is 2.10 bits per heavy atom. The fraction of sp³-hybridized carbons (Fsp3) is 0.333. The van der Waals surface area contributed by atoms with E-state index >= 15 is 0 Å². The summed E-state index contributed by atoms with van der Waals surface area (Å²) in [7, 11) is 0. The molecular formula is C12H12ClF3N4. The lowest BCUT2D eigenvalue weighted by Crippen LogP contribution is -2.16. The molecule has 20 heavy (non-hydrogen) atoms. The van der Waals surface area contributed by atoms with Crippen molar-refractivity contribution in [2.24, 2.45) is 0 Å². The molecule has 0 aliphatic carbocycles. The number of hydrogen-bond acceptors (Lipinski definition) is 3. The van der Waals surface area contributed by atoms with Crippen LogP contribution in [0, 0.1) is 0 Å². The maximum atomic E-state index is 12.7. The van der Waals surface area contributed by atoms with Crippen LogP contribution in [0.25, 0.3) is 5.69 Å². The number of rotatable bonds is 4. The summed E-state index contributed by atoms with van der Waals surface area (Å²) in [4.78, 5) is 0. The van der Waals surface area contributed by atoms with Gasteiger partial charge in [0.15, 0.2) is 0 Å². The van der Waals surface area contributed by atoms with E-state index < -0.39 is 11.7 Å². The highest BCUT2D eigenvalue weighted by atomic mass is 35.5. The predicted octanol–water partition coefficient (Wildman–Crippen LogP) is 3.05. The zero-order chi connectivity index (χ0) is 14.8. The van der Waals surface area contributed by atoms with Gasteiger partial charge in [-0.2, -0.15) is 13.2 Å². The average Bonchev–Trinajstić information content (AvgIpc) is 2.83. The standard InChI is InChI=1S/C12H12ClF3N4/c1-2-17-6-9-7-18-19-20(9)11-5-8(12(14,15)16)3-4-10(11)13/h3-5,7,17H,2,6H2,1H3. The average molecular weight is 305 g/mol. The van der Waals surface area contributed by atoms with Crippen LogP contribution in [0.2, 0.25) is 5.02 Å². The molecule has 1 N–H and O–H groups in total. The molecule has 0 unspecified atom stereocenters. The Morgan fingerprint density at radius 3 is 2.75 bits per heavy atom. The van der Waals surface area contributed by atoms with Gasteiger partial charge in [-0.05, 0) is 24.7 Å². The molecule has 1 aromatic carbocycles. The van der Waals surface area contributed by atoms with Gasteiger partial charge >= 0.3 is 6.18 Å². The molecule has 0 saturated carbocycles. The zero-order valence-corrected chi connectivity index (χ0v) is 11.3. The van der Waals surface area contributed by atoms with Crippen LogP contribution >= 0.6 is 11.6 Å². The molecule has 8 heteroatoms. The van der Waals surface area contributed by atoms with Gasteiger partial charge in [0.05, 0.1) is 28.2 Å². The van der Waals surface area contributed by atoms with Gasteiger partial charge in [-0.1, -0.05) is 23.7 Å². The summed E-state index contributed by atoms with van der Waals surface area (Å²) in [6.45, 7) is 3.09. The van der Waals surface area contributed by atoms with Crippen molar-refractivity contribution in [2.45, 2.75) is 19.6 Å². The van der Waals surface area contributed by atoms with Crippen LogP contribution in [0.15, 0.2) is 24.4 Å². The molecule has 0 bridgehead atoms. The number of hydrogen-bond donors (Lipinski definition) is 1. The molecule has 0 spiro atoms. The lowest BCUT2D eigenvalue weighted by molar-refractivity contribution is -0.137. The van der Waals surface area contributed by atoms with Crippen molar-refractivity contribution in [3.63, 3.8) is 0 Å². The Balaban J connectivity index is 2.44. The van der Waals surface area contributed by atoms with Crippen molar-refractivity contribution in [3.05, 3.63) is 40.7 Å². The number of nitrogens with zero attached hydrogens (tertiary/aromatic N) is 3. The van der Waals surface area contributed by atoms with Gasteiger partial charge in [0.1, 0.15) is 0 Å². The van der Waals surface area contributed by atoms with Gasteiger partial charge in [0.25, 0.3) is 0 Å². The molecular weight excluding hydrogens is 293 g/mol. The van der Waals surface area contributed by atoms with E-state index in [4.69, 9.17) is 11.6 Å². The van der Waals surface area contributed by atoms with Gasteiger partial charge in [0, 0.05) is 6.54 Å². The summed E-state index contributed by atoms with van der Waals surface area (Å²) in [5.41, 5.74) is 0.0155. The highest BCUT2D eigenvalue weighted by Crippen LogP contribution is 2.33. The van der Waals surface area contributed by atoms with E-state index in [1.807, 2.05) is 6.92 Å². The third kappa shape index (κ3) is 3.10. The molecule has 0 saturated heterocycles. The van der Waals surface area contributed by atoms with E-state index in [2.05, 4.69) is 15.6 Å². The molecule has 4 nitrogen and oxygen atoms in total. The second kappa shape index (κ2) is 5.80. The Morgan fingerprint density at radius 1 is 1.35 bits per heavy atom. The third-order valence-corrected chi connectivity index (χ3v) is 3.00. The molecule has 1 heterocycles. The summed E-state index contributed by atoms with van der Waals surface area (Å²) < 4.78 is 39.5. The molecule has 1 aromatic heterocycles. The SMILES string of the molecule is CCNCc1cnnn1-c1cc(C(F)(F)F)ccc1Cl. The monoisotopic (exact) mass is 304 g/mol. The van der Waals surface area contributed by atoms with Crippen molar-refractivity contribution in [3.8, 4) is 5.69 Å². The fourth-order valence-corrected chi connectivity index (χ4v) is 1.88. The smallest absolute Gasteiger partial charge is 0.311 e. The minimum absolute atomic E-state index is 0.159. The fourth-order valence-electron chi connectivity index (χ4n) is 1.68. The maximum Gasteiger partial charge on any atom is 0.416 e. The first kappa shape index (κ1) is 14.8. The van der Waals surface area contributed by atoms with Crippen LogP contribution in [0.3, 0.4) is 0 Å².